The van der Waals surface area contributed by atoms with Gasteiger partial charge in [0.2, 0.25) is 0 Å². The first-order valence-corrected chi connectivity index (χ1v) is 11.4. The molecule has 7 heteroatoms. The summed E-state index contributed by atoms with van der Waals surface area (Å²) in [6, 6.07) is 28.6. The molecule has 0 amide bonds. The normalized spacial score (nSPS) is 11.7. The molecule has 3 heterocycles. The number of fused-ring (bicyclic) bond motifs is 3. The summed E-state index contributed by atoms with van der Waals surface area (Å²) in [5.41, 5.74) is 9.64. The molecule has 0 radical (unpaired) electrons. The quantitative estimate of drug-likeness (QED) is 0.268. The molecule has 7 rings (SSSR count). The lowest BCUT2D eigenvalue weighted by Crippen LogP contribution is -1.83. The Morgan fingerprint density at radius 1 is 0.514 bits per heavy atom. The molecule has 4 N–H and O–H groups in total. The number of benzene rings is 4. The van der Waals surface area contributed by atoms with Crippen molar-refractivity contribution in [2.75, 3.05) is 0 Å². The van der Waals surface area contributed by atoms with Crippen LogP contribution in [0.2, 0.25) is 0 Å². The molecular formula is C28H20N6O. The van der Waals surface area contributed by atoms with Crippen LogP contribution >= 0.6 is 0 Å². The number of H-pyrrole nitrogens is 3. The van der Waals surface area contributed by atoms with Crippen LogP contribution in [0.25, 0.3) is 67.0 Å². The Labute approximate surface area is 199 Å². The molecule has 35 heavy (non-hydrogen) atoms. The predicted molar refractivity (Wildman–Crippen MR) is 138 cm³/mol. The van der Waals surface area contributed by atoms with Crippen LogP contribution in [0.1, 0.15) is 5.82 Å². The van der Waals surface area contributed by atoms with Gasteiger partial charge in [0.05, 0.1) is 33.1 Å². The summed E-state index contributed by atoms with van der Waals surface area (Å²) in [5.74, 6) is 2.13. The van der Waals surface area contributed by atoms with Crippen molar-refractivity contribution < 1.29 is 5.11 Å². The molecule has 3 aromatic heterocycles. The van der Waals surface area contributed by atoms with Gasteiger partial charge >= 0.3 is 0 Å². The lowest BCUT2D eigenvalue weighted by atomic mass is 10.1. The van der Waals surface area contributed by atoms with Gasteiger partial charge in [-0.2, -0.15) is 0 Å². The minimum atomic E-state index is -0.118. The van der Waals surface area contributed by atoms with Crippen LogP contribution < -0.4 is 0 Å². The molecule has 0 aliphatic carbocycles. The third kappa shape index (κ3) is 3.37. The van der Waals surface area contributed by atoms with Gasteiger partial charge in [-0.05, 0) is 59.7 Å². The van der Waals surface area contributed by atoms with Crippen LogP contribution in [0.3, 0.4) is 0 Å². The number of aliphatic hydroxyl groups excluding tert-OH is 1. The molecule has 7 aromatic rings. The summed E-state index contributed by atoms with van der Waals surface area (Å²) in [6.45, 7) is -0.118. The van der Waals surface area contributed by atoms with Gasteiger partial charge in [0.25, 0.3) is 0 Å². The predicted octanol–water partition coefficient (Wildman–Crippen LogP) is 5.81. The smallest absolute Gasteiger partial charge is 0.138 e. The van der Waals surface area contributed by atoms with E-state index in [-0.39, 0.29) is 6.61 Å². The van der Waals surface area contributed by atoms with Gasteiger partial charge < -0.3 is 20.1 Å². The maximum atomic E-state index is 9.33. The first kappa shape index (κ1) is 19.7. The van der Waals surface area contributed by atoms with Crippen molar-refractivity contribution in [2.24, 2.45) is 0 Å². The minimum absolute atomic E-state index is 0.118. The van der Waals surface area contributed by atoms with Gasteiger partial charge in [-0.25, -0.2) is 15.0 Å². The zero-order chi connectivity index (χ0) is 23.4. The van der Waals surface area contributed by atoms with Gasteiger partial charge in [-0.15, -0.1) is 0 Å². The number of imidazole rings is 3. The number of hydrogen-bond acceptors (Lipinski definition) is 4. The number of nitrogens with one attached hydrogen (secondary N) is 3. The van der Waals surface area contributed by atoms with Crippen molar-refractivity contribution in [1.29, 1.82) is 0 Å². The Balaban J connectivity index is 1.25. The average Bonchev–Trinajstić information content (AvgIpc) is 3.63. The van der Waals surface area contributed by atoms with E-state index >= 15 is 0 Å². The molecule has 0 unspecified atom stereocenters. The van der Waals surface area contributed by atoms with E-state index in [1.807, 2.05) is 54.6 Å². The highest BCUT2D eigenvalue weighted by molar-refractivity contribution is 5.88. The molecule has 0 saturated carbocycles. The summed E-state index contributed by atoms with van der Waals surface area (Å²) in [4.78, 5) is 24.0. The van der Waals surface area contributed by atoms with Crippen molar-refractivity contribution in [3.05, 3.63) is 90.8 Å². The first-order valence-electron chi connectivity index (χ1n) is 11.4. The number of nitrogens with zero attached hydrogens (tertiary/aromatic N) is 3. The van der Waals surface area contributed by atoms with E-state index in [0.29, 0.717) is 5.82 Å². The lowest BCUT2D eigenvalue weighted by molar-refractivity contribution is 0.273. The average molecular weight is 457 g/mol. The van der Waals surface area contributed by atoms with Crippen LogP contribution in [0.5, 0.6) is 0 Å². The van der Waals surface area contributed by atoms with Crippen LogP contribution in [0, 0.1) is 0 Å². The molecule has 0 spiro atoms. The summed E-state index contributed by atoms with van der Waals surface area (Å²) < 4.78 is 0. The maximum absolute atomic E-state index is 9.33. The number of aromatic nitrogens is 6. The fourth-order valence-electron chi connectivity index (χ4n) is 4.52. The van der Waals surface area contributed by atoms with E-state index in [2.05, 4.69) is 50.3 Å². The second-order valence-electron chi connectivity index (χ2n) is 8.57. The topological polar surface area (TPSA) is 106 Å². The maximum Gasteiger partial charge on any atom is 0.138 e. The van der Waals surface area contributed by atoms with Crippen LogP contribution in [0.15, 0.2) is 84.9 Å². The van der Waals surface area contributed by atoms with Gasteiger partial charge in [-0.3, -0.25) is 0 Å². The van der Waals surface area contributed by atoms with E-state index in [9.17, 15) is 5.11 Å². The number of hydrogen-bond donors (Lipinski definition) is 4. The fourth-order valence-corrected chi connectivity index (χ4v) is 4.52. The van der Waals surface area contributed by atoms with E-state index in [1.54, 1.807) is 0 Å². The summed E-state index contributed by atoms with van der Waals surface area (Å²) in [6.07, 6.45) is 0. The molecule has 0 atom stereocenters. The SMILES string of the molecule is OCc1nc2cc(-c3nc4cc(-c5nc6cc(-c7ccccc7)ccc6[nH]5)ccc4[nH]3)ccc2[nH]1. The molecule has 7 nitrogen and oxygen atoms in total. The number of aliphatic hydroxyl groups is 1. The van der Waals surface area contributed by atoms with Crippen LogP contribution in [-0.2, 0) is 6.61 Å². The Kier molecular flexibility index (Phi) is 4.30. The van der Waals surface area contributed by atoms with E-state index in [1.165, 1.54) is 5.56 Å². The monoisotopic (exact) mass is 456 g/mol. The third-order valence-electron chi connectivity index (χ3n) is 6.30. The number of rotatable bonds is 4. The standard InChI is InChI=1S/C28H20N6O/c35-15-26-29-20-10-7-18(13-23(20)30-26)27-32-22-11-8-19(14-25(22)34-27)28-31-21-9-6-17(12-24(21)33-28)16-4-2-1-3-5-16/h1-14,35H,15H2,(H,29,30)(H,31,33)(H,32,34). The highest BCUT2D eigenvalue weighted by Crippen LogP contribution is 2.29. The zero-order valence-corrected chi connectivity index (χ0v) is 18.6. The van der Waals surface area contributed by atoms with Gasteiger partial charge in [0.1, 0.15) is 24.1 Å². The van der Waals surface area contributed by atoms with Crippen molar-refractivity contribution in [3.8, 4) is 33.9 Å². The van der Waals surface area contributed by atoms with E-state index in [4.69, 9.17) is 9.97 Å². The minimum Gasteiger partial charge on any atom is -0.388 e. The molecule has 0 bridgehead atoms. The zero-order valence-electron chi connectivity index (χ0n) is 18.6. The molecule has 0 aliphatic rings. The van der Waals surface area contributed by atoms with Gasteiger partial charge in [0.15, 0.2) is 0 Å². The summed E-state index contributed by atoms with van der Waals surface area (Å²) in [5, 5.41) is 9.33. The fraction of sp³-hybridized carbons (Fsp3) is 0.0357. The molecular weight excluding hydrogens is 436 g/mol. The van der Waals surface area contributed by atoms with Gasteiger partial charge in [-0.1, -0.05) is 36.4 Å². The molecule has 0 saturated heterocycles. The largest absolute Gasteiger partial charge is 0.388 e. The Bertz CT molecular complexity index is 1840. The second kappa shape index (κ2) is 7.65. The van der Waals surface area contributed by atoms with Crippen molar-refractivity contribution >= 4 is 33.1 Å². The third-order valence-corrected chi connectivity index (χ3v) is 6.30. The van der Waals surface area contributed by atoms with Crippen molar-refractivity contribution in [1.82, 2.24) is 29.9 Å². The Hall–Kier alpha value is -4.75. The lowest BCUT2D eigenvalue weighted by Gasteiger charge is -2.00. The Morgan fingerprint density at radius 3 is 1.63 bits per heavy atom. The highest BCUT2D eigenvalue weighted by atomic mass is 16.3. The summed E-state index contributed by atoms with van der Waals surface area (Å²) >= 11 is 0. The molecule has 0 fully saturated rings. The van der Waals surface area contributed by atoms with Crippen LogP contribution in [-0.4, -0.2) is 35.0 Å². The molecule has 0 aliphatic heterocycles. The van der Waals surface area contributed by atoms with Crippen molar-refractivity contribution in [2.45, 2.75) is 6.61 Å². The Morgan fingerprint density at radius 2 is 1.03 bits per heavy atom. The van der Waals surface area contributed by atoms with Crippen LogP contribution in [0.4, 0.5) is 0 Å². The van der Waals surface area contributed by atoms with Gasteiger partial charge in [0, 0.05) is 11.1 Å². The van der Waals surface area contributed by atoms with E-state index < -0.39 is 0 Å². The number of aromatic amines is 3. The van der Waals surface area contributed by atoms with Crippen molar-refractivity contribution in [3.63, 3.8) is 0 Å². The van der Waals surface area contributed by atoms with E-state index in [0.717, 1.165) is 61.4 Å². The highest BCUT2D eigenvalue weighted by Gasteiger charge is 2.12. The first-order chi connectivity index (χ1) is 17.2. The second-order valence-corrected chi connectivity index (χ2v) is 8.57. The summed E-state index contributed by atoms with van der Waals surface area (Å²) in [7, 11) is 0. The molecule has 168 valence electrons. The molecule has 4 aromatic carbocycles.